The maximum atomic E-state index is 11.9. The maximum Gasteiger partial charge on any atom is 0.387 e. The Kier molecular flexibility index (Phi) is 5.31. The number of nitrogens with one attached hydrogen (secondary N) is 1. The zero-order valence-electron chi connectivity index (χ0n) is 9.86. The highest BCUT2D eigenvalue weighted by molar-refractivity contribution is 5.28. The van der Waals surface area contributed by atoms with Gasteiger partial charge in [-0.3, -0.25) is 0 Å². The molecule has 0 radical (unpaired) electrons. The van der Waals surface area contributed by atoms with Crippen LogP contribution in [0, 0.1) is 0 Å². The van der Waals surface area contributed by atoms with Gasteiger partial charge < -0.3 is 15.2 Å². The zero-order valence-corrected chi connectivity index (χ0v) is 9.86. The average Bonchev–Trinajstić information content (AvgIpc) is 2.26. The van der Waals surface area contributed by atoms with Crippen molar-refractivity contribution >= 4 is 0 Å². The third-order valence-corrected chi connectivity index (χ3v) is 2.21. The van der Waals surface area contributed by atoms with Crippen LogP contribution in [0.25, 0.3) is 0 Å². The topological polar surface area (TPSA) is 41.5 Å². The summed E-state index contributed by atoms with van der Waals surface area (Å²) in [6.07, 6.45) is -0.655. The lowest BCUT2D eigenvalue weighted by molar-refractivity contribution is -0.0498. The zero-order chi connectivity index (χ0) is 12.8. The van der Waals surface area contributed by atoms with Crippen LogP contribution >= 0.6 is 0 Å². The Hall–Kier alpha value is -1.20. The molecule has 0 aromatic heterocycles. The van der Waals surface area contributed by atoms with E-state index in [0.29, 0.717) is 12.1 Å². The first-order valence-electron chi connectivity index (χ1n) is 5.45. The summed E-state index contributed by atoms with van der Waals surface area (Å²) >= 11 is 0. The SMILES string of the molecule is CC(C)NCC(O)c1ccc(OC(F)F)cc1. The van der Waals surface area contributed by atoms with Gasteiger partial charge in [-0.15, -0.1) is 0 Å². The molecular formula is C12H17F2NO2. The predicted octanol–water partition coefficient (Wildman–Crippen LogP) is 2.32. The first kappa shape index (κ1) is 13.9. The lowest BCUT2D eigenvalue weighted by Crippen LogP contribution is -2.27. The number of hydrogen-bond acceptors (Lipinski definition) is 3. The Balaban J connectivity index is 2.54. The van der Waals surface area contributed by atoms with Crippen LogP contribution in [0.15, 0.2) is 24.3 Å². The van der Waals surface area contributed by atoms with Crippen molar-refractivity contribution in [3.05, 3.63) is 29.8 Å². The van der Waals surface area contributed by atoms with Gasteiger partial charge in [0.1, 0.15) is 5.75 Å². The fourth-order valence-corrected chi connectivity index (χ4v) is 1.34. The molecule has 1 atom stereocenters. The minimum Gasteiger partial charge on any atom is -0.435 e. The maximum absolute atomic E-state index is 11.9. The Morgan fingerprint density at radius 3 is 2.29 bits per heavy atom. The van der Waals surface area contributed by atoms with Crippen molar-refractivity contribution < 1.29 is 18.6 Å². The minimum atomic E-state index is -2.83. The van der Waals surface area contributed by atoms with Crippen molar-refractivity contribution in [2.24, 2.45) is 0 Å². The molecule has 3 nitrogen and oxygen atoms in total. The second kappa shape index (κ2) is 6.51. The van der Waals surface area contributed by atoms with E-state index < -0.39 is 12.7 Å². The molecule has 0 saturated carbocycles. The molecule has 0 spiro atoms. The first-order valence-corrected chi connectivity index (χ1v) is 5.45. The van der Waals surface area contributed by atoms with Crippen LogP contribution in [0.4, 0.5) is 8.78 Å². The Bertz CT molecular complexity index is 328. The Labute approximate surface area is 99.4 Å². The van der Waals surface area contributed by atoms with Crippen molar-refractivity contribution in [3.8, 4) is 5.75 Å². The summed E-state index contributed by atoms with van der Waals surface area (Å²) in [5, 5.41) is 12.9. The van der Waals surface area contributed by atoms with Gasteiger partial charge in [0.15, 0.2) is 0 Å². The molecule has 2 N–H and O–H groups in total. The van der Waals surface area contributed by atoms with Gasteiger partial charge in [-0.25, -0.2) is 0 Å². The van der Waals surface area contributed by atoms with Gasteiger partial charge in [0.05, 0.1) is 6.10 Å². The summed E-state index contributed by atoms with van der Waals surface area (Å²) in [5.74, 6) is 0.0905. The number of rotatable bonds is 6. The van der Waals surface area contributed by atoms with Crippen LogP contribution in [-0.2, 0) is 0 Å². The largest absolute Gasteiger partial charge is 0.435 e. The molecule has 1 rings (SSSR count). The van der Waals surface area contributed by atoms with E-state index in [1.54, 1.807) is 12.1 Å². The molecule has 5 heteroatoms. The monoisotopic (exact) mass is 245 g/mol. The molecule has 0 bridgehead atoms. The van der Waals surface area contributed by atoms with E-state index in [4.69, 9.17) is 0 Å². The van der Waals surface area contributed by atoms with E-state index in [1.807, 2.05) is 13.8 Å². The number of aliphatic hydroxyl groups is 1. The summed E-state index contributed by atoms with van der Waals surface area (Å²) in [7, 11) is 0. The average molecular weight is 245 g/mol. The molecule has 17 heavy (non-hydrogen) atoms. The molecule has 0 heterocycles. The van der Waals surface area contributed by atoms with Crippen LogP contribution in [0.1, 0.15) is 25.5 Å². The first-order chi connectivity index (χ1) is 7.99. The standard InChI is InChI=1S/C12H17F2NO2/c1-8(2)15-7-11(16)9-3-5-10(6-4-9)17-12(13)14/h3-6,8,11-12,15-16H,7H2,1-2H3. The quantitative estimate of drug-likeness (QED) is 0.808. The van der Waals surface area contributed by atoms with E-state index in [2.05, 4.69) is 10.1 Å². The van der Waals surface area contributed by atoms with Crippen molar-refractivity contribution in [2.75, 3.05) is 6.54 Å². The fourth-order valence-electron chi connectivity index (χ4n) is 1.34. The van der Waals surface area contributed by atoms with Crippen LogP contribution in [0.3, 0.4) is 0 Å². The molecule has 96 valence electrons. The van der Waals surface area contributed by atoms with Gasteiger partial charge in [0, 0.05) is 12.6 Å². The highest BCUT2D eigenvalue weighted by Gasteiger charge is 2.09. The van der Waals surface area contributed by atoms with E-state index in [1.165, 1.54) is 12.1 Å². The van der Waals surface area contributed by atoms with E-state index in [9.17, 15) is 13.9 Å². The Morgan fingerprint density at radius 1 is 1.24 bits per heavy atom. The van der Waals surface area contributed by atoms with E-state index >= 15 is 0 Å². The summed E-state index contributed by atoms with van der Waals surface area (Å²) in [6, 6.07) is 6.26. The van der Waals surface area contributed by atoms with Gasteiger partial charge in [0.25, 0.3) is 0 Å². The summed E-state index contributed by atoms with van der Waals surface area (Å²) in [4.78, 5) is 0. The molecule has 1 unspecified atom stereocenters. The van der Waals surface area contributed by atoms with Gasteiger partial charge in [0.2, 0.25) is 0 Å². The molecule has 0 saturated heterocycles. The second-order valence-electron chi connectivity index (χ2n) is 4.03. The summed E-state index contributed by atoms with van der Waals surface area (Å²) < 4.78 is 28.0. The summed E-state index contributed by atoms with van der Waals surface area (Å²) in [6.45, 7) is 1.55. The number of alkyl halides is 2. The van der Waals surface area contributed by atoms with Crippen LogP contribution in [0.5, 0.6) is 5.75 Å². The number of ether oxygens (including phenoxy) is 1. The predicted molar refractivity (Wildman–Crippen MR) is 61.2 cm³/mol. The van der Waals surface area contributed by atoms with Crippen LogP contribution in [0.2, 0.25) is 0 Å². The van der Waals surface area contributed by atoms with Gasteiger partial charge in [-0.1, -0.05) is 26.0 Å². The normalized spacial score (nSPS) is 13.1. The van der Waals surface area contributed by atoms with Gasteiger partial charge >= 0.3 is 6.61 Å². The number of aliphatic hydroxyl groups excluding tert-OH is 1. The summed E-state index contributed by atoms with van der Waals surface area (Å²) in [5.41, 5.74) is 0.666. The third kappa shape index (κ3) is 5.10. The molecular weight excluding hydrogens is 228 g/mol. The number of hydrogen-bond donors (Lipinski definition) is 2. The minimum absolute atomic E-state index is 0.0905. The van der Waals surface area contributed by atoms with Crippen LogP contribution < -0.4 is 10.1 Å². The number of benzene rings is 1. The van der Waals surface area contributed by atoms with Crippen molar-refractivity contribution in [1.29, 1.82) is 0 Å². The van der Waals surface area contributed by atoms with Crippen LogP contribution in [-0.4, -0.2) is 24.3 Å². The molecule has 0 aliphatic heterocycles. The molecule has 1 aromatic rings. The molecule has 0 fully saturated rings. The van der Waals surface area contributed by atoms with Gasteiger partial charge in [-0.05, 0) is 17.7 Å². The molecule has 0 aliphatic rings. The third-order valence-electron chi connectivity index (χ3n) is 2.21. The molecule has 1 aromatic carbocycles. The smallest absolute Gasteiger partial charge is 0.387 e. The second-order valence-corrected chi connectivity index (χ2v) is 4.03. The molecule has 0 amide bonds. The van der Waals surface area contributed by atoms with Crippen molar-refractivity contribution in [2.45, 2.75) is 32.6 Å². The van der Waals surface area contributed by atoms with Crippen molar-refractivity contribution in [1.82, 2.24) is 5.32 Å². The molecule has 0 aliphatic carbocycles. The number of halogens is 2. The van der Waals surface area contributed by atoms with Gasteiger partial charge in [-0.2, -0.15) is 8.78 Å². The fraction of sp³-hybridized carbons (Fsp3) is 0.500. The van der Waals surface area contributed by atoms with E-state index in [0.717, 1.165) is 0 Å². The van der Waals surface area contributed by atoms with Crippen molar-refractivity contribution in [3.63, 3.8) is 0 Å². The van der Waals surface area contributed by atoms with E-state index in [-0.39, 0.29) is 11.8 Å². The lowest BCUT2D eigenvalue weighted by Gasteiger charge is -2.14. The highest BCUT2D eigenvalue weighted by atomic mass is 19.3. The lowest BCUT2D eigenvalue weighted by atomic mass is 10.1. The Morgan fingerprint density at radius 2 is 1.82 bits per heavy atom. The highest BCUT2D eigenvalue weighted by Crippen LogP contribution is 2.18.